The van der Waals surface area contributed by atoms with Crippen LogP contribution in [0.5, 0.6) is 0 Å². The molecular formula is C62H111NO5. The summed E-state index contributed by atoms with van der Waals surface area (Å²) in [6.45, 7) is 6.37. The molecule has 0 fully saturated rings. The second kappa shape index (κ2) is 55.2. The Morgan fingerprint density at radius 3 is 1.25 bits per heavy atom. The van der Waals surface area contributed by atoms with Crippen molar-refractivity contribution in [1.29, 1.82) is 0 Å². The van der Waals surface area contributed by atoms with Crippen LogP contribution in [-0.2, 0) is 14.3 Å². The molecule has 3 unspecified atom stereocenters. The first kappa shape index (κ1) is 65.3. The van der Waals surface area contributed by atoms with Crippen LogP contribution in [0.3, 0.4) is 0 Å². The van der Waals surface area contributed by atoms with Gasteiger partial charge in [0.15, 0.2) is 0 Å². The summed E-state index contributed by atoms with van der Waals surface area (Å²) in [5.41, 5.74) is 0. The predicted octanol–water partition coefficient (Wildman–Crippen LogP) is 18.1. The normalized spacial score (nSPS) is 13.7. The van der Waals surface area contributed by atoms with E-state index in [2.05, 4.69) is 99.0 Å². The third-order valence-corrected chi connectivity index (χ3v) is 13.0. The van der Waals surface area contributed by atoms with Crippen molar-refractivity contribution in [2.45, 2.75) is 302 Å². The fourth-order valence-electron chi connectivity index (χ4n) is 8.64. The summed E-state index contributed by atoms with van der Waals surface area (Å²) in [6, 6.07) is -0.723. The van der Waals surface area contributed by atoms with Crippen LogP contribution in [0.1, 0.15) is 284 Å². The number of rotatable bonds is 52. The second-order valence-electron chi connectivity index (χ2n) is 19.7. The number of hydrogen-bond donors (Lipinski definition) is 3. The maximum atomic E-state index is 13.3. The van der Waals surface area contributed by atoms with E-state index in [0.717, 1.165) is 83.5 Å². The average molecular weight is 951 g/mol. The molecule has 1 amide bonds. The third kappa shape index (κ3) is 49.7. The summed E-state index contributed by atoms with van der Waals surface area (Å²) < 4.78 is 5.94. The zero-order valence-electron chi connectivity index (χ0n) is 45.0. The first-order valence-corrected chi connectivity index (χ1v) is 29.2. The Bertz CT molecular complexity index is 1250. The van der Waals surface area contributed by atoms with Gasteiger partial charge in [-0.25, -0.2) is 0 Å². The number of esters is 1. The lowest BCUT2D eigenvalue weighted by Gasteiger charge is -2.24. The monoisotopic (exact) mass is 950 g/mol. The standard InChI is InChI=1S/C62H111NO5/c1-4-7-10-13-16-19-22-25-27-29-30-32-34-37-40-43-46-49-52-55-62(67)68-58(53-50-47-44-41-38-36-33-31-28-26-23-20-17-14-11-8-5-2)56-61(66)63-59(57-64)60(65)54-51-48-45-42-39-35-24-21-18-15-12-9-6-3/h8,11,17,20,25-28,33,36,41,44,58-60,64-65H,4-7,9-10,12-16,18-19,21-24,29-32,34-35,37-40,42-43,45-57H2,1-3H3,(H,63,66)/b11-8-,20-17-,27-25+,28-26-,36-33-,44-41-. The molecule has 3 N–H and O–H groups in total. The van der Waals surface area contributed by atoms with Crippen LogP contribution < -0.4 is 5.32 Å². The van der Waals surface area contributed by atoms with Gasteiger partial charge in [-0.05, 0) is 89.9 Å². The van der Waals surface area contributed by atoms with Crippen LogP contribution >= 0.6 is 0 Å². The maximum absolute atomic E-state index is 13.3. The highest BCUT2D eigenvalue weighted by molar-refractivity contribution is 5.77. The number of allylic oxidation sites excluding steroid dienone is 12. The molecule has 68 heavy (non-hydrogen) atoms. The summed E-state index contributed by atoms with van der Waals surface area (Å²) in [7, 11) is 0. The average Bonchev–Trinajstić information content (AvgIpc) is 3.33. The Labute approximate surface area is 421 Å². The lowest BCUT2D eigenvalue weighted by Crippen LogP contribution is -2.46. The van der Waals surface area contributed by atoms with E-state index < -0.39 is 18.2 Å². The molecule has 0 aliphatic heterocycles. The molecular weight excluding hydrogens is 839 g/mol. The molecule has 0 radical (unpaired) electrons. The van der Waals surface area contributed by atoms with E-state index >= 15 is 0 Å². The van der Waals surface area contributed by atoms with Crippen molar-refractivity contribution in [2.24, 2.45) is 0 Å². The summed E-state index contributed by atoms with van der Waals surface area (Å²) in [6.07, 6.45) is 71.1. The molecule has 0 aromatic rings. The Hall–Kier alpha value is -2.70. The molecule has 6 nitrogen and oxygen atoms in total. The molecule has 394 valence electrons. The summed E-state index contributed by atoms with van der Waals surface area (Å²) in [5.74, 6) is -0.527. The molecule has 3 atom stereocenters. The molecule has 0 aromatic carbocycles. The first-order valence-electron chi connectivity index (χ1n) is 29.2. The highest BCUT2D eigenvalue weighted by Gasteiger charge is 2.24. The van der Waals surface area contributed by atoms with E-state index in [0.29, 0.717) is 19.3 Å². The van der Waals surface area contributed by atoms with Crippen LogP contribution in [0, 0.1) is 0 Å². The lowest BCUT2D eigenvalue weighted by atomic mass is 10.0. The summed E-state index contributed by atoms with van der Waals surface area (Å²) >= 11 is 0. The SMILES string of the molecule is CC/C=C\C/C=C\C/C=C\C/C=C\C/C=C\CCCC(CC(=O)NC(CO)C(O)CCCCCCCCCCCCCCC)OC(=O)CCCCCCCCCCC/C=C/CCCCCCCC. The smallest absolute Gasteiger partial charge is 0.306 e. The van der Waals surface area contributed by atoms with Crippen molar-refractivity contribution in [2.75, 3.05) is 6.61 Å². The zero-order chi connectivity index (χ0) is 49.5. The Balaban J connectivity index is 4.64. The number of nitrogens with one attached hydrogen (secondary N) is 1. The number of carbonyl (C=O) groups excluding carboxylic acids is 2. The quantitative estimate of drug-likeness (QED) is 0.0321. The molecule has 0 aliphatic rings. The molecule has 0 spiro atoms. The molecule has 6 heteroatoms. The molecule has 0 bridgehead atoms. The predicted molar refractivity (Wildman–Crippen MR) is 296 cm³/mol. The van der Waals surface area contributed by atoms with E-state index in [1.165, 1.54) is 154 Å². The van der Waals surface area contributed by atoms with Gasteiger partial charge in [-0.15, -0.1) is 0 Å². The van der Waals surface area contributed by atoms with Crippen molar-refractivity contribution in [1.82, 2.24) is 5.32 Å². The second-order valence-corrected chi connectivity index (χ2v) is 19.7. The molecule has 0 saturated heterocycles. The largest absolute Gasteiger partial charge is 0.462 e. The lowest BCUT2D eigenvalue weighted by molar-refractivity contribution is -0.151. The number of hydrogen-bond acceptors (Lipinski definition) is 5. The Morgan fingerprint density at radius 2 is 0.809 bits per heavy atom. The van der Waals surface area contributed by atoms with Gasteiger partial charge in [-0.3, -0.25) is 9.59 Å². The summed E-state index contributed by atoms with van der Waals surface area (Å²) in [4.78, 5) is 26.3. The van der Waals surface area contributed by atoms with Crippen LogP contribution in [-0.4, -0.2) is 46.9 Å². The number of aliphatic hydroxyl groups excluding tert-OH is 2. The zero-order valence-corrected chi connectivity index (χ0v) is 45.0. The molecule has 0 aliphatic carbocycles. The van der Waals surface area contributed by atoms with Crippen LogP contribution in [0.25, 0.3) is 0 Å². The van der Waals surface area contributed by atoms with Crippen LogP contribution in [0.2, 0.25) is 0 Å². The molecule has 0 rings (SSSR count). The topological polar surface area (TPSA) is 95.9 Å². The fraction of sp³-hybridized carbons (Fsp3) is 0.774. The number of amides is 1. The highest BCUT2D eigenvalue weighted by Crippen LogP contribution is 2.17. The van der Waals surface area contributed by atoms with Gasteiger partial charge >= 0.3 is 5.97 Å². The van der Waals surface area contributed by atoms with E-state index in [9.17, 15) is 19.8 Å². The van der Waals surface area contributed by atoms with E-state index in [4.69, 9.17) is 4.74 Å². The van der Waals surface area contributed by atoms with Crippen molar-refractivity contribution >= 4 is 11.9 Å². The van der Waals surface area contributed by atoms with Crippen LogP contribution in [0.4, 0.5) is 0 Å². The van der Waals surface area contributed by atoms with E-state index in [1.54, 1.807) is 0 Å². The van der Waals surface area contributed by atoms with E-state index in [-0.39, 0.29) is 24.9 Å². The van der Waals surface area contributed by atoms with Gasteiger partial charge < -0.3 is 20.3 Å². The Kier molecular flexibility index (Phi) is 53.0. The minimum Gasteiger partial charge on any atom is -0.462 e. The van der Waals surface area contributed by atoms with Crippen LogP contribution in [0.15, 0.2) is 72.9 Å². The van der Waals surface area contributed by atoms with Gasteiger partial charge in [0.05, 0.1) is 25.2 Å². The van der Waals surface area contributed by atoms with Gasteiger partial charge in [0.25, 0.3) is 0 Å². The molecule has 0 saturated carbocycles. The first-order chi connectivity index (χ1) is 33.5. The minimum atomic E-state index is -0.806. The maximum Gasteiger partial charge on any atom is 0.306 e. The van der Waals surface area contributed by atoms with Gasteiger partial charge in [0, 0.05) is 6.42 Å². The van der Waals surface area contributed by atoms with Crippen molar-refractivity contribution < 1.29 is 24.5 Å². The number of carbonyl (C=O) groups is 2. The van der Waals surface area contributed by atoms with E-state index in [1.807, 2.05) is 0 Å². The van der Waals surface area contributed by atoms with Gasteiger partial charge in [-0.2, -0.15) is 0 Å². The number of unbranched alkanes of at least 4 members (excludes halogenated alkanes) is 28. The van der Waals surface area contributed by atoms with Gasteiger partial charge in [0.2, 0.25) is 5.91 Å². The van der Waals surface area contributed by atoms with Crippen molar-refractivity contribution in [3.05, 3.63) is 72.9 Å². The Morgan fingerprint density at radius 1 is 0.441 bits per heavy atom. The van der Waals surface area contributed by atoms with Crippen molar-refractivity contribution in [3.63, 3.8) is 0 Å². The van der Waals surface area contributed by atoms with Gasteiger partial charge in [0.1, 0.15) is 6.10 Å². The fourth-order valence-corrected chi connectivity index (χ4v) is 8.64. The molecule has 0 heterocycles. The highest BCUT2D eigenvalue weighted by atomic mass is 16.5. The third-order valence-electron chi connectivity index (χ3n) is 13.0. The summed E-state index contributed by atoms with van der Waals surface area (Å²) in [5, 5.41) is 23.8. The van der Waals surface area contributed by atoms with Gasteiger partial charge in [-0.1, -0.05) is 254 Å². The number of aliphatic hydroxyl groups is 2. The van der Waals surface area contributed by atoms with Crippen molar-refractivity contribution in [3.8, 4) is 0 Å². The number of ether oxygens (including phenoxy) is 1. The minimum absolute atomic E-state index is 0.0366. The molecule has 0 aromatic heterocycles.